The van der Waals surface area contributed by atoms with Gasteiger partial charge >= 0.3 is 0 Å². The maximum atomic E-state index is 6.96. The average Bonchev–Trinajstić information content (AvgIpc) is 2.09. The number of aryl methyl sites for hydroxylation is 1. The molecule has 0 radical (unpaired) electrons. The lowest BCUT2D eigenvalue weighted by atomic mass is 10.1. The number of benzene rings is 1. The van der Waals surface area contributed by atoms with Gasteiger partial charge in [0, 0.05) is 6.42 Å². The second-order valence-electron chi connectivity index (χ2n) is 2.71. The molecule has 0 unspecified atom stereocenters. The summed E-state index contributed by atoms with van der Waals surface area (Å²) >= 11 is 0. The Morgan fingerprint density at radius 2 is 2.25 bits per heavy atom. The summed E-state index contributed by atoms with van der Waals surface area (Å²) in [4.78, 5) is 0. The van der Waals surface area contributed by atoms with Crippen molar-refractivity contribution in [2.24, 2.45) is 0 Å². The van der Waals surface area contributed by atoms with Gasteiger partial charge in [0.05, 0.1) is 7.11 Å². The molecule has 0 aromatic heterocycles. The summed E-state index contributed by atoms with van der Waals surface area (Å²) in [7, 11) is 1.66. The number of hydrogen-bond donors (Lipinski definition) is 1. The van der Waals surface area contributed by atoms with Crippen LogP contribution in [0.1, 0.15) is 11.1 Å². The number of rotatable bonds is 3. The first-order chi connectivity index (χ1) is 5.77. The van der Waals surface area contributed by atoms with Crippen LogP contribution >= 0.6 is 0 Å². The monoisotopic (exact) mass is 163 g/mol. The SMILES string of the molecule is COc1cc(CC=N)ccc1C. The van der Waals surface area contributed by atoms with Crippen LogP contribution in [0.25, 0.3) is 0 Å². The molecule has 64 valence electrons. The second kappa shape index (κ2) is 3.90. The Kier molecular flexibility index (Phi) is 2.86. The minimum atomic E-state index is 0.677. The van der Waals surface area contributed by atoms with Gasteiger partial charge in [-0.1, -0.05) is 12.1 Å². The first kappa shape index (κ1) is 8.78. The van der Waals surface area contributed by atoms with Crippen molar-refractivity contribution in [1.29, 1.82) is 5.41 Å². The van der Waals surface area contributed by atoms with Crippen LogP contribution in [-0.4, -0.2) is 13.3 Å². The van der Waals surface area contributed by atoms with Crippen LogP contribution in [-0.2, 0) is 6.42 Å². The van der Waals surface area contributed by atoms with Crippen LogP contribution in [0.3, 0.4) is 0 Å². The molecular formula is C10H13NO. The average molecular weight is 163 g/mol. The molecule has 2 heteroatoms. The van der Waals surface area contributed by atoms with Crippen molar-refractivity contribution >= 4 is 6.21 Å². The van der Waals surface area contributed by atoms with E-state index in [2.05, 4.69) is 0 Å². The highest BCUT2D eigenvalue weighted by Crippen LogP contribution is 2.18. The molecule has 1 N–H and O–H groups in total. The summed E-state index contributed by atoms with van der Waals surface area (Å²) in [5.41, 5.74) is 2.25. The molecular weight excluding hydrogens is 150 g/mol. The van der Waals surface area contributed by atoms with Gasteiger partial charge in [0.15, 0.2) is 0 Å². The van der Waals surface area contributed by atoms with Crippen LogP contribution in [0.4, 0.5) is 0 Å². The molecule has 0 amide bonds. The summed E-state index contributed by atoms with van der Waals surface area (Å²) in [6.07, 6.45) is 2.07. The van der Waals surface area contributed by atoms with Gasteiger partial charge in [-0.2, -0.15) is 0 Å². The van der Waals surface area contributed by atoms with Crippen molar-refractivity contribution < 1.29 is 4.74 Å². The minimum Gasteiger partial charge on any atom is -0.496 e. The standard InChI is InChI=1S/C10H13NO/c1-8-3-4-9(5-6-11)7-10(8)12-2/h3-4,6-7,11H,5H2,1-2H3. The Bertz CT molecular complexity index is 281. The van der Waals surface area contributed by atoms with Crippen molar-refractivity contribution in [3.63, 3.8) is 0 Å². The summed E-state index contributed by atoms with van der Waals surface area (Å²) in [6.45, 7) is 2.01. The van der Waals surface area contributed by atoms with Crippen molar-refractivity contribution in [2.75, 3.05) is 7.11 Å². The minimum absolute atomic E-state index is 0.677. The third-order valence-corrected chi connectivity index (χ3v) is 1.81. The Morgan fingerprint density at radius 3 is 2.83 bits per heavy atom. The Hall–Kier alpha value is -1.31. The van der Waals surface area contributed by atoms with E-state index < -0.39 is 0 Å². The molecule has 0 atom stereocenters. The Morgan fingerprint density at radius 1 is 1.50 bits per heavy atom. The molecule has 0 fully saturated rings. The van der Waals surface area contributed by atoms with Crippen LogP contribution < -0.4 is 4.74 Å². The highest BCUT2D eigenvalue weighted by molar-refractivity contribution is 5.58. The van der Waals surface area contributed by atoms with E-state index in [1.54, 1.807) is 7.11 Å². The molecule has 0 saturated heterocycles. The van der Waals surface area contributed by atoms with E-state index in [-0.39, 0.29) is 0 Å². The zero-order chi connectivity index (χ0) is 8.97. The van der Waals surface area contributed by atoms with E-state index in [1.165, 1.54) is 6.21 Å². The highest BCUT2D eigenvalue weighted by atomic mass is 16.5. The fraction of sp³-hybridized carbons (Fsp3) is 0.300. The van der Waals surface area contributed by atoms with Crippen molar-refractivity contribution in [3.05, 3.63) is 29.3 Å². The zero-order valence-corrected chi connectivity index (χ0v) is 7.42. The van der Waals surface area contributed by atoms with E-state index in [4.69, 9.17) is 10.1 Å². The molecule has 12 heavy (non-hydrogen) atoms. The summed E-state index contributed by atoms with van der Waals surface area (Å²) < 4.78 is 5.16. The molecule has 0 spiro atoms. The topological polar surface area (TPSA) is 33.1 Å². The zero-order valence-electron chi connectivity index (χ0n) is 7.42. The predicted octanol–water partition coefficient (Wildman–Crippen LogP) is 2.20. The molecule has 0 aliphatic rings. The molecule has 1 rings (SSSR count). The van der Waals surface area contributed by atoms with Crippen LogP contribution in [0, 0.1) is 12.3 Å². The third kappa shape index (κ3) is 1.84. The lowest BCUT2D eigenvalue weighted by Gasteiger charge is -2.05. The lowest BCUT2D eigenvalue weighted by molar-refractivity contribution is 0.411. The van der Waals surface area contributed by atoms with Crippen LogP contribution in [0.15, 0.2) is 18.2 Å². The first-order valence-corrected chi connectivity index (χ1v) is 3.90. The van der Waals surface area contributed by atoms with Crippen molar-refractivity contribution in [2.45, 2.75) is 13.3 Å². The van der Waals surface area contributed by atoms with Gasteiger partial charge < -0.3 is 10.1 Å². The van der Waals surface area contributed by atoms with Crippen molar-refractivity contribution in [1.82, 2.24) is 0 Å². The molecule has 0 bridgehead atoms. The van der Waals surface area contributed by atoms with Crippen molar-refractivity contribution in [3.8, 4) is 5.75 Å². The maximum absolute atomic E-state index is 6.96. The van der Waals surface area contributed by atoms with E-state index in [9.17, 15) is 0 Å². The Balaban J connectivity index is 2.96. The number of hydrogen-bond acceptors (Lipinski definition) is 2. The van der Waals surface area contributed by atoms with Gasteiger partial charge in [0.25, 0.3) is 0 Å². The van der Waals surface area contributed by atoms with Gasteiger partial charge in [-0.3, -0.25) is 0 Å². The predicted molar refractivity (Wildman–Crippen MR) is 50.2 cm³/mol. The van der Waals surface area contributed by atoms with Gasteiger partial charge in [-0.15, -0.1) is 0 Å². The second-order valence-corrected chi connectivity index (χ2v) is 2.71. The number of ether oxygens (including phenoxy) is 1. The smallest absolute Gasteiger partial charge is 0.122 e. The molecule has 0 saturated carbocycles. The maximum Gasteiger partial charge on any atom is 0.122 e. The normalized spacial score (nSPS) is 9.50. The third-order valence-electron chi connectivity index (χ3n) is 1.81. The summed E-state index contributed by atoms with van der Waals surface area (Å²) in [5.74, 6) is 0.898. The molecule has 0 aliphatic carbocycles. The van der Waals surface area contributed by atoms with Gasteiger partial charge in [0.2, 0.25) is 0 Å². The number of nitrogens with one attached hydrogen (secondary N) is 1. The van der Waals surface area contributed by atoms with Crippen LogP contribution in [0.5, 0.6) is 5.75 Å². The molecule has 2 nitrogen and oxygen atoms in total. The van der Waals surface area contributed by atoms with E-state index in [0.29, 0.717) is 6.42 Å². The molecule has 1 aromatic carbocycles. The van der Waals surface area contributed by atoms with E-state index >= 15 is 0 Å². The molecule has 1 aromatic rings. The fourth-order valence-corrected chi connectivity index (χ4v) is 1.11. The lowest BCUT2D eigenvalue weighted by Crippen LogP contribution is -1.90. The van der Waals surface area contributed by atoms with E-state index in [0.717, 1.165) is 16.9 Å². The van der Waals surface area contributed by atoms with E-state index in [1.807, 2.05) is 25.1 Å². The summed E-state index contributed by atoms with van der Waals surface area (Å²) in [5, 5.41) is 6.96. The van der Waals surface area contributed by atoms with Gasteiger partial charge in [-0.05, 0) is 30.3 Å². The number of methoxy groups -OCH3 is 1. The highest BCUT2D eigenvalue weighted by Gasteiger charge is 1.98. The fourth-order valence-electron chi connectivity index (χ4n) is 1.11. The molecule has 0 aliphatic heterocycles. The largest absolute Gasteiger partial charge is 0.496 e. The van der Waals surface area contributed by atoms with Crippen LogP contribution in [0.2, 0.25) is 0 Å². The quantitative estimate of drug-likeness (QED) is 0.681. The van der Waals surface area contributed by atoms with Gasteiger partial charge in [-0.25, -0.2) is 0 Å². The Labute approximate surface area is 72.7 Å². The first-order valence-electron chi connectivity index (χ1n) is 3.90. The summed E-state index contributed by atoms with van der Waals surface area (Å²) in [6, 6.07) is 6.00. The van der Waals surface area contributed by atoms with Gasteiger partial charge in [0.1, 0.15) is 5.75 Å². The molecule has 0 heterocycles.